The topological polar surface area (TPSA) is 33.5 Å². The summed E-state index contributed by atoms with van der Waals surface area (Å²) in [7, 11) is 0. The number of nitrogens with one attached hydrogen (secondary N) is 2. The molecular formula is C21H27N2O+. The zero-order chi connectivity index (χ0) is 16.9. The third-order valence-electron chi connectivity index (χ3n) is 5.20. The zero-order valence-electron chi connectivity index (χ0n) is 14.6. The Hall–Kier alpha value is -2.13. The molecule has 24 heavy (non-hydrogen) atoms. The van der Waals surface area contributed by atoms with E-state index < -0.39 is 0 Å². The molecular weight excluding hydrogens is 296 g/mol. The highest BCUT2D eigenvalue weighted by atomic mass is 16.2. The fraction of sp³-hybridized carbons (Fsp3) is 0.381. The van der Waals surface area contributed by atoms with E-state index in [1.54, 1.807) is 0 Å². The van der Waals surface area contributed by atoms with Gasteiger partial charge in [0.25, 0.3) is 5.91 Å². The summed E-state index contributed by atoms with van der Waals surface area (Å²) in [5.74, 6) is 0.113. The van der Waals surface area contributed by atoms with Gasteiger partial charge < -0.3 is 10.2 Å². The number of carbonyl (C=O) groups excluding carboxylic acids is 1. The van der Waals surface area contributed by atoms with Crippen molar-refractivity contribution in [1.82, 2.24) is 0 Å². The largest absolute Gasteiger partial charge is 0.323 e. The van der Waals surface area contributed by atoms with Gasteiger partial charge in [0, 0.05) is 11.3 Å². The van der Waals surface area contributed by atoms with Crippen LogP contribution < -0.4 is 10.2 Å². The van der Waals surface area contributed by atoms with Crippen molar-refractivity contribution in [2.45, 2.75) is 45.2 Å². The monoisotopic (exact) mass is 323 g/mol. The minimum absolute atomic E-state index is 0.0240. The summed E-state index contributed by atoms with van der Waals surface area (Å²) in [4.78, 5) is 14.2. The highest BCUT2D eigenvalue weighted by Crippen LogP contribution is 2.27. The van der Waals surface area contributed by atoms with Crippen molar-refractivity contribution in [3.8, 4) is 11.1 Å². The minimum atomic E-state index is -0.0240. The quantitative estimate of drug-likeness (QED) is 0.890. The Balaban J connectivity index is 1.77. The molecule has 0 aliphatic carbocycles. The van der Waals surface area contributed by atoms with Crippen molar-refractivity contribution in [2.75, 3.05) is 11.9 Å². The van der Waals surface area contributed by atoms with E-state index >= 15 is 0 Å². The summed E-state index contributed by atoms with van der Waals surface area (Å²) in [6.45, 7) is 5.41. The summed E-state index contributed by atoms with van der Waals surface area (Å²) in [5.41, 5.74) is 3.09. The van der Waals surface area contributed by atoms with Crippen molar-refractivity contribution >= 4 is 11.6 Å². The second-order valence-corrected chi connectivity index (χ2v) is 6.84. The van der Waals surface area contributed by atoms with Crippen LogP contribution in [0.5, 0.6) is 0 Å². The third-order valence-corrected chi connectivity index (χ3v) is 5.20. The van der Waals surface area contributed by atoms with E-state index in [0.29, 0.717) is 6.04 Å². The number of hydrogen-bond donors (Lipinski definition) is 2. The number of hydrogen-bond acceptors (Lipinski definition) is 1. The molecule has 0 bridgehead atoms. The maximum atomic E-state index is 12.8. The van der Waals surface area contributed by atoms with E-state index in [2.05, 4.69) is 37.4 Å². The van der Waals surface area contributed by atoms with Crippen molar-refractivity contribution in [3.63, 3.8) is 0 Å². The summed E-state index contributed by atoms with van der Waals surface area (Å²) < 4.78 is 0. The standard InChI is InChI=1S/C21H26N2O/c1-16-10-8-9-15-23(16)17(2)21(24)22-20-14-7-6-13-19(20)18-11-4-3-5-12-18/h3-7,11-14,16-17H,8-10,15H2,1-2H3,(H,22,24)/p+1/t16-,17-/m0/s1. The Morgan fingerprint density at radius 2 is 1.79 bits per heavy atom. The number of anilines is 1. The number of para-hydroxylation sites is 1. The van der Waals surface area contributed by atoms with Gasteiger partial charge >= 0.3 is 0 Å². The van der Waals surface area contributed by atoms with Crippen molar-refractivity contribution in [3.05, 3.63) is 54.6 Å². The summed E-state index contributed by atoms with van der Waals surface area (Å²) in [6, 6.07) is 18.8. The first-order valence-corrected chi connectivity index (χ1v) is 8.97. The van der Waals surface area contributed by atoms with Gasteiger partial charge in [0.05, 0.1) is 12.6 Å². The number of likely N-dealkylation sites (tertiary alicyclic amines) is 1. The predicted molar refractivity (Wildman–Crippen MR) is 99.1 cm³/mol. The van der Waals surface area contributed by atoms with Gasteiger partial charge in [-0.3, -0.25) is 4.79 Å². The molecule has 0 radical (unpaired) electrons. The molecule has 1 fully saturated rings. The van der Waals surface area contributed by atoms with Crippen LogP contribution in [0.15, 0.2) is 54.6 Å². The lowest BCUT2D eigenvalue weighted by atomic mass is 10.0. The van der Waals surface area contributed by atoms with Crippen molar-refractivity contribution < 1.29 is 9.69 Å². The third kappa shape index (κ3) is 3.68. The molecule has 2 aromatic rings. The Kier molecular flexibility index (Phi) is 5.31. The van der Waals surface area contributed by atoms with Gasteiger partial charge in [0.15, 0.2) is 6.04 Å². The molecule has 126 valence electrons. The fourth-order valence-corrected chi connectivity index (χ4v) is 3.73. The highest BCUT2D eigenvalue weighted by Gasteiger charge is 2.31. The first-order chi connectivity index (χ1) is 11.7. The van der Waals surface area contributed by atoms with Crippen LogP contribution in [0.4, 0.5) is 5.69 Å². The predicted octanol–water partition coefficient (Wildman–Crippen LogP) is 3.14. The molecule has 3 nitrogen and oxygen atoms in total. The lowest BCUT2D eigenvalue weighted by Gasteiger charge is -2.34. The van der Waals surface area contributed by atoms with Crippen LogP contribution in [0.1, 0.15) is 33.1 Å². The van der Waals surface area contributed by atoms with Crippen LogP contribution in [0.3, 0.4) is 0 Å². The van der Waals surface area contributed by atoms with Gasteiger partial charge in [-0.15, -0.1) is 0 Å². The Bertz CT molecular complexity index is 683. The average molecular weight is 323 g/mol. The van der Waals surface area contributed by atoms with E-state index in [1.165, 1.54) is 24.2 Å². The first kappa shape index (κ1) is 16.7. The molecule has 1 unspecified atom stereocenters. The number of quaternary nitrogens is 1. The Labute approximate surface area is 144 Å². The number of piperidine rings is 1. The van der Waals surface area contributed by atoms with Crippen LogP contribution in [0, 0.1) is 0 Å². The molecule has 3 heteroatoms. The highest BCUT2D eigenvalue weighted by molar-refractivity contribution is 5.97. The van der Waals surface area contributed by atoms with E-state index in [9.17, 15) is 4.79 Å². The van der Waals surface area contributed by atoms with Crippen LogP contribution in [-0.2, 0) is 4.79 Å². The average Bonchev–Trinajstić information content (AvgIpc) is 2.63. The van der Waals surface area contributed by atoms with E-state index in [-0.39, 0.29) is 11.9 Å². The molecule has 2 N–H and O–H groups in total. The Morgan fingerprint density at radius 3 is 2.54 bits per heavy atom. The molecule has 1 aliphatic rings. The lowest BCUT2D eigenvalue weighted by Crippen LogP contribution is -3.20. The maximum Gasteiger partial charge on any atom is 0.282 e. The van der Waals surface area contributed by atoms with E-state index in [4.69, 9.17) is 0 Å². The normalized spacial score (nSPS) is 21.9. The molecule has 1 aliphatic heterocycles. The molecule has 3 rings (SSSR count). The maximum absolute atomic E-state index is 12.8. The lowest BCUT2D eigenvalue weighted by molar-refractivity contribution is -0.941. The minimum Gasteiger partial charge on any atom is -0.323 e. The van der Waals surface area contributed by atoms with Gasteiger partial charge in [-0.25, -0.2) is 0 Å². The fourth-order valence-electron chi connectivity index (χ4n) is 3.73. The molecule has 0 aromatic heterocycles. The molecule has 2 aromatic carbocycles. The van der Waals surface area contributed by atoms with Crippen molar-refractivity contribution in [2.24, 2.45) is 0 Å². The second kappa shape index (κ2) is 7.63. The van der Waals surface area contributed by atoms with E-state index in [0.717, 1.165) is 23.4 Å². The molecule has 1 heterocycles. The van der Waals surface area contributed by atoms with Gasteiger partial charge in [0.1, 0.15) is 0 Å². The van der Waals surface area contributed by atoms with Gasteiger partial charge in [-0.2, -0.15) is 0 Å². The smallest absolute Gasteiger partial charge is 0.282 e. The van der Waals surface area contributed by atoms with Crippen LogP contribution >= 0.6 is 0 Å². The number of rotatable bonds is 4. The summed E-state index contributed by atoms with van der Waals surface area (Å²) in [5, 5.41) is 3.17. The Morgan fingerprint density at radius 1 is 1.08 bits per heavy atom. The van der Waals surface area contributed by atoms with Gasteiger partial charge in [-0.05, 0) is 44.7 Å². The number of amides is 1. The number of benzene rings is 2. The van der Waals surface area contributed by atoms with Crippen molar-refractivity contribution in [1.29, 1.82) is 0 Å². The van der Waals surface area contributed by atoms with Gasteiger partial charge in [0.2, 0.25) is 0 Å². The molecule has 0 spiro atoms. The molecule has 3 atom stereocenters. The number of carbonyl (C=O) groups is 1. The van der Waals surface area contributed by atoms with Crippen LogP contribution in [-0.4, -0.2) is 24.5 Å². The second-order valence-electron chi connectivity index (χ2n) is 6.84. The van der Waals surface area contributed by atoms with Crippen LogP contribution in [0.25, 0.3) is 11.1 Å². The van der Waals surface area contributed by atoms with Gasteiger partial charge in [-0.1, -0.05) is 48.5 Å². The molecule has 0 saturated carbocycles. The van der Waals surface area contributed by atoms with Crippen LogP contribution in [0.2, 0.25) is 0 Å². The van der Waals surface area contributed by atoms with E-state index in [1.807, 2.05) is 36.4 Å². The zero-order valence-corrected chi connectivity index (χ0v) is 14.6. The SMILES string of the molecule is C[C@H]1CCCC[NH+]1[C@@H](C)C(=O)Nc1ccccc1-c1ccccc1. The summed E-state index contributed by atoms with van der Waals surface area (Å²) >= 11 is 0. The molecule has 1 saturated heterocycles. The first-order valence-electron chi connectivity index (χ1n) is 8.97. The molecule has 1 amide bonds. The summed E-state index contributed by atoms with van der Waals surface area (Å²) in [6.07, 6.45) is 3.72.